The molecule has 1 fully saturated rings. The molecule has 2 aliphatic heterocycles. The minimum absolute atomic E-state index is 0.0324. The Morgan fingerprint density at radius 1 is 1.23 bits per heavy atom. The summed E-state index contributed by atoms with van der Waals surface area (Å²) in [5.41, 5.74) is 4.23. The minimum Gasteiger partial charge on any atom is -0.464 e. The van der Waals surface area contributed by atoms with Gasteiger partial charge in [-0.2, -0.15) is 0 Å². The summed E-state index contributed by atoms with van der Waals surface area (Å²) in [6.07, 6.45) is 5.36. The van der Waals surface area contributed by atoms with Crippen molar-refractivity contribution in [2.75, 3.05) is 0 Å². The van der Waals surface area contributed by atoms with Gasteiger partial charge in [-0.3, -0.25) is 4.79 Å². The van der Waals surface area contributed by atoms with Gasteiger partial charge in [-0.1, -0.05) is 48.9 Å². The van der Waals surface area contributed by atoms with E-state index in [1.807, 2.05) is 43.3 Å². The van der Waals surface area contributed by atoms with Crippen LogP contribution in [0.1, 0.15) is 60.5 Å². The van der Waals surface area contributed by atoms with Crippen LogP contribution in [0.3, 0.4) is 0 Å². The number of aryl methyl sites for hydroxylation is 1. The van der Waals surface area contributed by atoms with E-state index in [-0.39, 0.29) is 17.7 Å². The SMILES string of the molecule is Cc1cccc2c(C[C@H](CCCC(=O)[C@]34CCC(O3)c3ccccc34)B(O)O)coc12. The standard InChI is InChI=1S/C25H27BO5/c1-16-6-4-9-19-17(15-30-24(16)19)14-18(26(28)29)7-5-11-23(27)25-13-12-22(31-25)20-8-2-3-10-21(20)25/h2-4,6,8-10,15,18,22,28-29H,5,7,11-14H2,1H3/t18-,22?,25+/m0/s1. The normalized spacial score (nSPS) is 22.6. The Labute approximate surface area is 182 Å². The van der Waals surface area contributed by atoms with Crippen molar-refractivity contribution in [2.45, 2.75) is 63.0 Å². The van der Waals surface area contributed by atoms with E-state index in [1.165, 1.54) is 0 Å². The van der Waals surface area contributed by atoms with Gasteiger partial charge in [0, 0.05) is 11.8 Å². The smallest absolute Gasteiger partial charge is 0.455 e. The highest BCUT2D eigenvalue weighted by Gasteiger charge is 2.54. The maximum Gasteiger partial charge on any atom is 0.455 e. The van der Waals surface area contributed by atoms with Crippen LogP contribution >= 0.6 is 0 Å². The summed E-state index contributed by atoms with van der Waals surface area (Å²) in [7, 11) is -1.44. The lowest BCUT2D eigenvalue weighted by Gasteiger charge is -2.25. The van der Waals surface area contributed by atoms with E-state index in [4.69, 9.17) is 9.15 Å². The van der Waals surface area contributed by atoms with Crippen molar-refractivity contribution in [2.24, 2.45) is 0 Å². The van der Waals surface area contributed by atoms with Crippen molar-refractivity contribution < 1.29 is 24.0 Å². The van der Waals surface area contributed by atoms with Gasteiger partial charge in [0.05, 0.1) is 12.4 Å². The summed E-state index contributed by atoms with van der Waals surface area (Å²) in [5.74, 6) is -0.254. The van der Waals surface area contributed by atoms with Crippen LogP contribution < -0.4 is 0 Å². The lowest BCUT2D eigenvalue weighted by Crippen LogP contribution is -2.33. The number of hydrogen-bond donors (Lipinski definition) is 2. The molecule has 5 nitrogen and oxygen atoms in total. The number of benzene rings is 2. The van der Waals surface area contributed by atoms with Gasteiger partial charge in [0.25, 0.3) is 0 Å². The van der Waals surface area contributed by atoms with Crippen molar-refractivity contribution in [3.8, 4) is 0 Å². The minimum atomic E-state index is -1.44. The third kappa shape index (κ3) is 3.43. The van der Waals surface area contributed by atoms with E-state index in [0.717, 1.165) is 46.1 Å². The predicted molar refractivity (Wildman–Crippen MR) is 119 cm³/mol. The van der Waals surface area contributed by atoms with Crippen LogP contribution in [0.5, 0.6) is 0 Å². The van der Waals surface area contributed by atoms with Gasteiger partial charge in [0.2, 0.25) is 0 Å². The highest BCUT2D eigenvalue weighted by atomic mass is 16.5. The zero-order valence-corrected chi connectivity index (χ0v) is 17.7. The number of carbonyl (C=O) groups excluding carboxylic acids is 1. The molecule has 0 saturated carbocycles. The van der Waals surface area contributed by atoms with Crippen LogP contribution in [0.2, 0.25) is 5.82 Å². The molecule has 0 spiro atoms. The Morgan fingerprint density at radius 2 is 2.06 bits per heavy atom. The van der Waals surface area contributed by atoms with Crippen LogP contribution in [-0.2, 0) is 21.6 Å². The fourth-order valence-corrected chi connectivity index (χ4v) is 5.39. The summed E-state index contributed by atoms with van der Waals surface area (Å²) in [5, 5.41) is 20.9. The molecule has 6 heteroatoms. The van der Waals surface area contributed by atoms with Crippen molar-refractivity contribution >= 4 is 23.9 Å². The van der Waals surface area contributed by atoms with Gasteiger partial charge in [-0.15, -0.1) is 0 Å². The summed E-state index contributed by atoms with van der Waals surface area (Å²) >= 11 is 0. The maximum atomic E-state index is 13.2. The van der Waals surface area contributed by atoms with E-state index >= 15 is 0 Å². The van der Waals surface area contributed by atoms with Crippen LogP contribution in [0, 0.1) is 6.92 Å². The summed E-state index contributed by atoms with van der Waals surface area (Å²) in [4.78, 5) is 13.2. The zero-order chi connectivity index (χ0) is 21.6. The Kier molecular flexibility index (Phi) is 5.25. The summed E-state index contributed by atoms with van der Waals surface area (Å²) in [6, 6.07) is 14.0. The molecule has 2 aromatic carbocycles. The van der Waals surface area contributed by atoms with E-state index in [9.17, 15) is 14.8 Å². The van der Waals surface area contributed by atoms with Gasteiger partial charge in [-0.25, -0.2) is 0 Å². The molecule has 2 aliphatic rings. The number of fused-ring (bicyclic) bond motifs is 6. The van der Waals surface area contributed by atoms with Crippen molar-refractivity contribution in [1.82, 2.24) is 0 Å². The molecule has 3 aromatic rings. The van der Waals surface area contributed by atoms with Crippen LogP contribution in [-0.4, -0.2) is 22.9 Å². The van der Waals surface area contributed by atoms with E-state index < -0.39 is 12.7 Å². The van der Waals surface area contributed by atoms with Crippen molar-refractivity contribution in [3.63, 3.8) is 0 Å². The molecular formula is C25H27BO5. The first-order valence-corrected chi connectivity index (χ1v) is 11.1. The zero-order valence-electron chi connectivity index (χ0n) is 17.7. The van der Waals surface area contributed by atoms with Crippen molar-refractivity contribution in [1.29, 1.82) is 0 Å². The number of ketones is 1. The van der Waals surface area contributed by atoms with Gasteiger partial charge < -0.3 is 19.2 Å². The molecule has 1 saturated heterocycles. The second-order valence-corrected chi connectivity index (χ2v) is 8.97. The largest absolute Gasteiger partial charge is 0.464 e. The molecule has 160 valence electrons. The molecule has 0 aliphatic carbocycles. The average molecular weight is 418 g/mol. The molecule has 5 rings (SSSR count). The molecular weight excluding hydrogens is 391 g/mol. The number of hydrogen-bond acceptors (Lipinski definition) is 5. The second-order valence-electron chi connectivity index (χ2n) is 8.97. The molecule has 31 heavy (non-hydrogen) atoms. The molecule has 2 bridgehead atoms. The van der Waals surface area contributed by atoms with E-state index in [0.29, 0.717) is 25.7 Å². The second kappa shape index (κ2) is 7.94. The number of para-hydroxylation sites is 1. The number of ether oxygens (including phenoxy) is 1. The fourth-order valence-electron chi connectivity index (χ4n) is 5.39. The Hall–Kier alpha value is -2.41. The van der Waals surface area contributed by atoms with Crippen molar-refractivity contribution in [3.05, 3.63) is 71.0 Å². The number of carbonyl (C=O) groups is 1. The van der Waals surface area contributed by atoms with Gasteiger partial charge in [0.15, 0.2) is 11.4 Å². The van der Waals surface area contributed by atoms with Gasteiger partial charge in [-0.05, 0) is 60.7 Å². The number of furan rings is 1. The fraction of sp³-hybridized carbons (Fsp3) is 0.400. The number of rotatable bonds is 8. The third-order valence-corrected chi connectivity index (χ3v) is 7.05. The van der Waals surface area contributed by atoms with E-state index in [2.05, 4.69) is 6.07 Å². The molecule has 0 radical (unpaired) electrons. The lowest BCUT2D eigenvalue weighted by atomic mass is 9.67. The van der Waals surface area contributed by atoms with Gasteiger partial charge in [0.1, 0.15) is 5.58 Å². The lowest BCUT2D eigenvalue weighted by molar-refractivity contribution is -0.141. The monoisotopic (exact) mass is 418 g/mol. The van der Waals surface area contributed by atoms with Crippen LogP contribution in [0.25, 0.3) is 11.0 Å². The molecule has 1 aromatic heterocycles. The topological polar surface area (TPSA) is 79.9 Å². The third-order valence-electron chi connectivity index (χ3n) is 7.05. The summed E-state index contributed by atoms with van der Waals surface area (Å²) in [6.45, 7) is 2.00. The predicted octanol–water partition coefficient (Wildman–Crippen LogP) is 4.63. The molecule has 1 unspecified atom stereocenters. The molecule has 3 heterocycles. The Bertz CT molecular complexity index is 1120. The Morgan fingerprint density at radius 3 is 2.90 bits per heavy atom. The first-order chi connectivity index (χ1) is 15.0. The number of Topliss-reactive ketones (excluding diaryl/α,β-unsaturated/α-hetero) is 1. The average Bonchev–Trinajstić information content (AvgIpc) is 3.47. The molecule has 3 atom stereocenters. The van der Waals surface area contributed by atoms with Crippen LogP contribution in [0.15, 0.2) is 53.1 Å². The Balaban J connectivity index is 1.25. The first-order valence-electron chi connectivity index (χ1n) is 11.1. The molecule has 2 N–H and O–H groups in total. The highest BCUT2D eigenvalue weighted by Crippen LogP contribution is 2.55. The van der Waals surface area contributed by atoms with Gasteiger partial charge >= 0.3 is 7.12 Å². The first kappa shape index (κ1) is 20.5. The molecule has 0 amide bonds. The van der Waals surface area contributed by atoms with E-state index in [1.54, 1.807) is 6.26 Å². The summed E-state index contributed by atoms with van der Waals surface area (Å²) < 4.78 is 11.9. The quantitative estimate of drug-likeness (QED) is 0.522. The highest BCUT2D eigenvalue weighted by molar-refractivity contribution is 6.43. The maximum absolute atomic E-state index is 13.2. The van der Waals surface area contributed by atoms with Crippen LogP contribution in [0.4, 0.5) is 0 Å².